The van der Waals surface area contributed by atoms with E-state index in [1.807, 2.05) is 0 Å². The largest absolute Gasteiger partial charge is 0.481 e. The molecule has 0 aliphatic heterocycles. The summed E-state index contributed by atoms with van der Waals surface area (Å²) in [5.41, 5.74) is 3.00. The number of pyridine rings is 1. The van der Waals surface area contributed by atoms with Crippen molar-refractivity contribution in [3.8, 4) is 5.88 Å². The Bertz CT molecular complexity index is 442. The quantitative estimate of drug-likeness (QED) is 0.905. The van der Waals surface area contributed by atoms with Gasteiger partial charge in [0.15, 0.2) is 0 Å². The van der Waals surface area contributed by atoms with Gasteiger partial charge in [-0.2, -0.15) is 0 Å². The summed E-state index contributed by atoms with van der Waals surface area (Å²) >= 11 is 3.69. The van der Waals surface area contributed by atoms with Crippen molar-refractivity contribution in [1.82, 2.24) is 4.98 Å². The van der Waals surface area contributed by atoms with Crippen molar-refractivity contribution < 1.29 is 9.84 Å². The molecule has 0 atom stereocenters. The molecule has 1 aliphatic rings. The van der Waals surface area contributed by atoms with Crippen LogP contribution in [0, 0.1) is 5.92 Å². The topological polar surface area (TPSA) is 42.4 Å². The van der Waals surface area contributed by atoms with Crippen LogP contribution in [0.1, 0.15) is 49.4 Å². The van der Waals surface area contributed by atoms with E-state index in [1.165, 1.54) is 12.8 Å². The molecule has 4 heteroatoms. The van der Waals surface area contributed by atoms with E-state index in [0.717, 1.165) is 33.6 Å². The van der Waals surface area contributed by atoms with Crippen LogP contribution < -0.4 is 4.74 Å². The Morgan fingerprint density at radius 2 is 2.11 bits per heavy atom. The second-order valence-corrected chi connectivity index (χ2v) is 6.03. The van der Waals surface area contributed by atoms with Crippen LogP contribution in [0.25, 0.3) is 0 Å². The lowest BCUT2D eigenvalue weighted by atomic mass is 9.98. The molecule has 0 amide bonds. The maximum Gasteiger partial charge on any atom is 0.218 e. The Labute approximate surface area is 117 Å². The van der Waals surface area contributed by atoms with Gasteiger partial charge in [0, 0.05) is 10.0 Å². The molecule has 100 valence electrons. The van der Waals surface area contributed by atoms with Crippen LogP contribution >= 0.6 is 15.9 Å². The van der Waals surface area contributed by atoms with E-state index >= 15 is 0 Å². The van der Waals surface area contributed by atoms with E-state index in [1.54, 1.807) is 7.11 Å². The zero-order chi connectivity index (χ0) is 13.3. The monoisotopic (exact) mass is 313 g/mol. The molecule has 1 aliphatic carbocycles. The van der Waals surface area contributed by atoms with Crippen molar-refractivity contribution in [3.05, 3.63) is 21.3 Å². The predicted octanol–water partition coefficient (Wildman–Crippen LogP) is 3.42. The standard InChI is InChI=1S/C14H20BrNO2/c1-8(2)12-13(15)10(6-9-4-5-9)11(7-17)16-14(12)18-3/h8-9,17H,4-7H2,1-3H3. The first-order valence-electron chi connectivity index (χ1n) is 6.44. The number of aliphatic hydroxyl groups excluding tert-OH is 1. The van der Waals surface area contributed by atoms with Crippen LogP contribution in [-0.4, -0.2) is 17.2 Å². The zero-order valence-corrected chi connectivity index (χ0v) is 12.7. The van der Waals surface area contributed by atoms with Crippen LogP contribution in [0.2, 0.25) is 0 Å². The summed E-state index contributed by atoms with van der Waals surface area (Å²) in [4.78, 5) is 4.47. The maximum atomic E-state index is 9.49. The highest BCUT2D eigenvalue weighted by Crippen LogP contribution is 2.40. The first-order chi connectivity index (χ1) is 8.58. The van der Waals surface area contributed by atoms with Crippen LogP contribution in [0.5, 0.6) is 5.88 Å². The van der Waals surface area contributed by atoms with E-state index in [9.17, 15) is 5.11 Å². The number of halogens is 1. The van der Waals surface area contributed by atoms with Crippen molar-refractivity contribution >= 4 is 15.9 Å². The van der Waals surface area contributed by atoms with Crippen LogP contribution in [0.15, 0.2) is 4.47 Å². The molecule has 18 heavy (non-hydrogen) atoms. The number of rotatable bonds is 5. The summed E-state index contributed by atoms with van der Waals surface area (Å²) in [6.45, 7) is 4.23. The summed E-state index contributed by atoms with van der Waals surface area (Å²) in [6, 6.07) is 0. The van der Waals surface area contributed by atoms with E-state index in [4.69, 9.17) is 4.74 Å². The number of hydrogen-bond acceptors (Lipinski definition) is 3. The zero-order valence-electron chi connectivity index (χ0n) is 11.2. The third-order valence-electron chi connectivity index (χ3n) is 3.43. The van der Waals surface area contributed by atoms with Gasteiger partial charge >= 0.3 is 0 Å². The molecular weight excluding hydrogens is 294 g/mol. The third kappa shape index (κ3) is 2.69. The predicted molar refractivity (Wildman–Crippen MR) is 74.9 cm³/mol. The maximum absolute atomic E-state index is 9.49. The molecule has 0 aromatic carbocycles. The minimum absolute atomic E-state index is 0.0324. The number of ether oxygens (including phenoxy) is 1. The lowest BCUT2D eigenvalue weighted by Crippen LogP contribution is -2.08. The minimum Gasteiger partial charge on any atom is -0.481 e. The minimum atomic E-state index is -0.0324. The Morgan fingerprint density at radius 1 is 1.44 bits per heavy atom. The first-order valence-corrected chi connectivity index (χ1v) is 7.23. The van der Waals surface area contributed by atoms with Gasteiger partial charge in [0.25, 0.3) is 0 Å². The number of aliphatic hydroxyl groups is 1. The molecule has 1 N–H and O–H groups in total. The summed E-state index contributed by atoms with van der Waals surface area (Å²) in [5, 5.41) is 9.49. The van der Waals surface area contributed by atoms with Crippen LogP contribution in [-0.2, 0) is 13.0 Å². The molecule has 0 spiro atoms. The van der Waals surface area contributed by atoms with E-state index in [-0.39, 0.29) is 6.61 Å². The average molecular weight is 314 g/mol. The fourth-order valence-electron chi connectivity index (χ4n) is 2.24. The summed E-state index contributed by atoms with van der Waals surface area (Å²) in [6.07, 6.45) is 3.59. The molecule has 1 saturated carbocycles. The molecule has 0 bridgehead atoms. The van der Waals surface area contributed by atoms with Gasteiger partial charge in [-0.25, -0.2) is 4.98 Å². The molecule has 0 unspecified atom stereocenters. The van der Waals surface area contributed by atoms with E-state index in [0.29, 0.717) is 11.8 Å². The van der Waals surface area contributed by atoms with Gasteiger partial charge in [0.2, 0.25) is 5.88 Å². The average Bonchev–Trinajstić information content (AvgIpc) is 3.14. The Kier molecular flexibility index (Phi) is 4.28. The molecular formula is C14H20BrNO2. The van der Waals surface area contributed by atoms with Gasteiger partial charge in [-0.1, -0.05) is 13.8 Å². The highest BCUT2D eigenvalue weighted by atomic mass is 79.9. The lowest BCUT2D eigenvalue weighted by molar-refractivity contribution is 0.272. The number of hydrogen-bond donors (Lipinski definition) is 1. The second-order valence-electron chi connectivity index (χ2n) is 5.23. The lowest BCUT2D eigenvalue weighted by Gasteiger charge is -2.18. The van der Waals surface area contributed by atoms with Gasteiger partial charge in [0.1, 0.15) is 0 Å². The summed E-state index contributed by atoms with van der Waals surface area (Å²) in [7, 11) is 1.63. The van der Waals surface area contributed by atoms with Gasteiger partial charge < -0.3 is 9.84 Å². The van der Waals surface area contributed by atoms with Crippen molar-refractivity contribution in [3.63, 3.8) is 0 Å². The highest BCUT2D eigenvalue weighted by Gasteiger charge is 2.27. The van der Waals surface area contributed by atoms with Crippen molar-refractivity contribution in [2.24, 2.45) is 5.92 Å². The molecule has 2 rings (SSSR count). The normalized spacial score (nSPS) is 15.2. The fourth-order valence-corrected chi connectivity index (χ4v) is 3.26. The Morgan fingerprint density at radius 3 is 2.56 bits per heavy atom. The number of nitrogens with zero attached hydrogens (tertiary/aromatic N) is 1. The Balaban J connectivity index is 2.51. The molecule has 0 saturated heterocycles. The van der Waals surface area contributed by atoms with Crippen LogP contribution in [0.3, 0.4) is 0 Å². The molecule has 1 heterocycles. The molecule has 1 aromatic heterocycles. The summed E-state index contributed by atoms with van der Waals surface area (Å²) in [5.74, 6) is 1.73. The SMILES string of the molecule is COc1nc(CO)c(CC2CC2)c(Br)c1C(C)C. The molecule has 1 fully saturated rings. The highest BCUT2D eigenvalue weighted by molar-refractivity contribution is 9.10. The van der Waals surface area contributed by atoms with Crippen molar-refractivity contribution in [2.75, 3.05) is 7.11 Å². The van der Waals surface area contributed by atoms with E-state index < -0.39 is 0 Å². The van der Waals surface area contributed by atoms with Gasteiger partial charge in [-0.05, 0) is 52.6 Å². The second kappa shape index (κ2) is 5.57. The fraction of sp³-hybridized carbons (Fsp3) is 0.643. The van der Waals surface area contributed by atoms with Crippen LogP contribution in [0.4, 0.5) is 0 Å². The molecule has 3 nitrogen and oxygen atoms in total. The number of methoxy groups -OCH3 is 1. The first kappa shape index (κ1) is 13.8. The number of aromatic nitrogens is 1. The van der Waals surface area contributed by atoms with Gasteiger partial charge in [-0.3, -0.25) is 0 Å². The van der Waals surface area contributed by atoms with Gasteiger partial charge in [-0.15, -0.1) is 0 Å². The Hall–Kier alpha value is -0.610. The van der Waals surface area contributed by atoms with Gasteiger partial charge in [0.05, 0.1) is 19.4 Å². The molecule has 0 radical (unpaired) electrons. The van der Waals surface area contributed by atoms with Crippen molar-refractivity contribution in [1.29, 1.82) is 0 Å². The smallest absolute Gasteiger partial charge is 0.218 e. The van der Waals surface area contributed by atoms with Crippen molar-refractivity contribution in [2.45, 2.75) is 45.6 Å². The van der Waals surface area contributed by atoms with E-state index in [2.05, 4.69) is 34.8 Å². The summed E-state index contributed by atoms with van der Waals surface area (Å²) < 4.78 is 6.42. The third-order valence-corrected chi connectivity index (χ3v) is 4.33. The molecule has 1 aromatic rings.